The molecule has 2 aromatic heterocycles. The molecule has 0 spiro atoms. The van der Waals surface area contributed by atoms with E-state index in [1.54, 1.807) is 0 Å². The van der Waals surface area contributed by atoms with E-state index in [2.05, 4.69) is 15.2 Å². The molecule has 0 radical (unpaired) electrons. The number of H-pyrrole nitrogens is 1. The summed E-state index contributed by atoms with van der Waals surface area (Å²) in [5.41, 5.74) is 3.31. The third-order valence-electron chi connectivity index (χ3n) is 3.47. The molecule has 0 saturated carbocycles. The van der Waals surface area contributed by atoms with Crippen LogP contribution >= 0.6 is 0 Å². The lowest BCUT2D eigenvalue weighted by Crippen LogP contribution is -2.12. The van der Waals surface area contributed by atoms with Crippen molar-refractivity contribution < 1.29 is 9.15 Å². The van der Waals surface area contributed by atoms with Crippen LogP contribution in [0.25, 0.3) is 0 Å². The van der Waals surface area contributed by atoms with Crippen molar-refractivity contribution in [3.8, 4) is 0 Å². The van der Waals surface area contributed by atoms with Crippen molar-refractivity contribution >= 4 is 0 Å². The molecule has 0 unspecified atom stereocenters. The fraction of sp³-hybridized carbons (Fsp3) is 0.538. The Morgan fingerprint density at radius 2 is 2.39 bits per heavy atom. The van der Waals surface area contributed by atoms with Gasteiger partial charge in [0.05, 0.1) is 23.7 Å². The molecule has 2 heterocycles. The number of fused-ring (bicyclic) bond motifs is 1. The molecular formula is C13H17N3O2. The Morgan fingerprint density at radius 3 is 3.17 bits per heavy atom. The van der Waals surface area contributed by atoms with Crippen molar-refractivity contribution in [2.24, 2.45) is 0 Å². The first kappa shape index (κ1) is 11.5. The maximum absolute atomic E-state index is 5.89. The molecule has 5 nitrogen and oxygen atoms in total. The van der Waals surface area contributed by atoms with Gasteiger partial charge in [-0.3, -0.25) is 5.10 Å². The zero-order valence-corrected chi connectivity index (χ0v) is 10.7. The third kappa shape index (κ3) is 2.06. The molecule has 0 aliphatic heterocycles. The Bertz CT molecular complexity index is 525. The highest BCUT2D eigenvalue weighted by Gasteiger charge is 2.23. The van der Waals surface area contributed by atoms with E-state index >= 15 is 0 Å². The van der Waals surface area contributed by atoms with Gasteiger partial charge in [0.25, 0.3) is 0 Å². The van der Waals surface area contributed by atoms with Crippen LogP contribution in [0.4, 0.5) is 0 Å². The standard InChI is InChI=1S/C13H17N3O2/c1-8-9(2)18-12(15-8)7-17-11-5-3-4-10-6-14-16-13(10)11/h6,11H,3-5,7H2,1-2H3,(H,14,16)/t11-/m1/s1. The Labute approximate surface area is 106 Å². The average Bonchev–Trinajstić information content (AvgIpc) is 2.94. The van der Waals surface area contributed by atoms with Crippen molar-refractivity contribution in [1.82, 2.24) is 15.2 Å². The molecule has 18 heavy (non-hydrogen) atoms. The summed E-state index contributed by atoms with van der Waals surface area (Å²) >= 11 is 0. The highest BCUT2D eigenvalue weighted by molar-refractivity contribution is 5.21. The highest BCUT2D eigenvalue weighted by Crippen LogP contribution is 2.31. The molecule has 0 amide bonds. The minimum Gasteiger partial charge on any atom is -0.443 e. The van der Waals surface area contributed by atoms with Gasteiger partial charge >= 0.3 is 0 Å². The minimum absolute atomic E-state index is 0.0868. The average molecular weight is 247 g/mol. The van der Waals surface area contributed by atoms with Crippen molar-refractivity contribution in [2.45, 2.75) is 45.8 Å². The van der Waals surface area contributed by atoms with Gasteiger partial charge in [0, 0.05) is 0 Å². The summed E-state index contributed by atoms with van der Waals surface area (Å²) in [7, 11) is 0. The third-order valence-corrected chi connectivity index (χ3v) is 3.47. The largest absolute Gasteiger partial charge is 0.443 e. The molecule has 1 atom stereocenters. The summed E-state index contributed by atoms with van der Waals surface area (Å²) in [6, 6.07) is 0. The van der Waals surface area contributed by atoms with Crippen LogP contribution in [-0.4, -0.2) is 15.2 Å². The van der Waals surface area contributed by atoms with Crippen molar-refractivity contribution in [3.05, 3.63) is 34.8 Å². The Kier molecular flexibility index (Phi) is 2.91. The second kappa shape index (κ2) is 4.57. The molecule has 0 bridgehead atoms. The Balaban J connectivity index is 1.68. The highest BCUT2D eigenvalue weighted by atomic mass is 16.5. The topological polar surface area (TPSA) is 63.9 Å². The number of oxazole rings is 1. The lowest BCUT2D eigenvalue weighted by atomic mass is 9.96. The van der Waals surface area contributed by atoms with Gasteiger partial charge in [-0.05, 0) is 38.7 Å². The first-order chi connectivity index (χ1) is 8.74. The molecule has 0 aromatic carbocycles. The maximum Gasteiger partial charge on any atom is 0.220 e. The van der Waals surface area contributed by atoms with Crippen LogP contribution in [0.5, 0.6) is 0 Å². The number of nitrogens with zero attached hydrogens (tertiary/aromatic N) is 2. The van der Waals surface area contributed by atoms with Crippen molar-refractivity contribution in [3.63, 3.8) is 0 Å². The van der Waals surface area contributed by atoms with E-state index in [9.17, 15) is 0 Å². The first-order valence-electron chi connectivity index (χ1n) is 6.30. The minimum atomic E-state index is 0.0868. The second-order valence-corrected chi connectivity index (χ2v) is 4.75. The molecule has 0 fully saturated rings. The van der Waals surface area contributed by atoms with Gasteiger partial charge in [0.15, 0.2) is 0 Å². The number of aromatic nitrogens is 3. The van der Waals surface area contributed by atoms with Gasteiger partial charge < -0.3 is 9.15 Å². The Morgan fingerprint density at radius 1 is 1.50 bits per heavy atom. The van der Waals surface area contributed by atoms with E-state index in [1.807, 2.05) is 20.0 Å². The Hall–Kier alpha value is -1.62. The van der Waals surface area contributed by atoms with E-state index < -0.39 is 0 Å². The quantitative estimate of drug-likeness (QED) is 0.905. The van der Waals surface area contributed by atoms with E-state index in [0.717, 1.165) is 36.4 Å². The van der Waals surface area contributed by atoms with Crippen molar-refractivity contribution in [1.29, 1.82) is 0 Å². The number of aromatic amines is 1. The van der Waals surface area contributed by atoms with E-state index in [1.165, 1.54) is 5.56 Å². The molecule has 5 heteroatoms. The van der Waals surface area contributed by atoms with Gasteiger partial charge in [-0.1, -0.05) is 0 Å². The molecular weight excluding hydrogens is 230 g/mol. The van der Waals surface area contributed by atoms with Crippen LogP contribution < -0.4 is 0 Å². The SMILES string of the molecule is Cc1nc(CO[C@@H]2CCCc3cn[nH]c32)oc1C. The van der Waals surface area contributed by atoms with Crippen LogP contribution in [0.1, 0.15) is 47.5 Å². The van der Waals surface area contributed by atoms with E-state index in [4.69, 9.17) is 9.15 Å². The normalized spacial score (nSPS) is 18.9. The number of nitrogens with one attached hydrogen (secondary N) is 1. The van der Waals surface area contributed by atoms with Crippen LogP contribution in [0.3, 0.4) is 0 Å². The maximum atomic E-state index is 5.89. The first-order valence-corrected chi connectivity index (χ1v) is 6.30. The summed E-state index contributed by atoms with van der Waals surface area (Å²) in [4.78, 5) is 4.32. The molecule has 1 aliphatic rings. The van der Waals surface area contributed by atoms with Crippen LogP contribution in [-0.2, 0) is 17.8 Å². The summed E-state index contributed by atoms with van der Waals surface area (Å²) in [6.07, 6.45) is 5.23. The lowest BCUT2D eigenvalue weighted by Gasteiger charge is -2.21. The number of aryl methyl sites for hydroxylation is 3. The predicted octanol–water partition coefficient (Wildman–Crippen LogP) is 2.61. The van der Waals surface area contributed by atoms with Gasteiger partial charge in [-0.15, -0.1) is 0 Å². The second-order valence-electron chi connectivity index (χ2n) is 4.75. The van der Waals surface area contributed by atoms with E-state index in [-0.39, 0.29) is 6.10 Å². The summed E-state index contributed by atoms with van der Waals surface area (Å²) in [6.45, 7) is 4.27. The molecule has 1 aliphatic carbocycles. The zero-order valence-electron chi connectivity index (χ0n) is 10.7. The monoisotopic (exact) mass is 247 g/mol. The van der Waals surface area contributed by atoms with Gasteiger partial charge in [0.1, 0.15) is 12.4 Å². The smallest absolute Gasteiger partial charge is 0.220 e. The number of ether oxygens (including phenoxy) is 1. The van der Waals surface area contributed by atoms with E-state index in [0.29, 0.717) is 12.5 Å². The van der Waals surface area contributed by atoms with Crippen LogP contribution in [0.15, 0.2) is 10.6 Å². The molecule has 1 N–H and O–H groups in total. The lowest BCUT2D eigenvalue weighted by molar-refractivity contribution is 0.0140. The predicted molar refractivity (Wildman–Crippen MR) is 65.0 cm³/mol. The number of rotatable bonds is 3. The zero-order chi connectivity index (χ0) is 12.5. The van der Waals surface area contributed by atoms with Crippen LogP contribution in [0, 0.1) is 13.8 Å². The van der Waals surface area contributed by atoms with Gasteiger partial charge in [-0.25, -0.2) is 4.98 Å². The fourth-order valence-electron chi connectivity index (χ4n) is 2.36. The molecule has 0 saturated heterocycles. The summed E-state index contributed by atoms with van der Waals surface area (Å²) < 4.78 is 11.4. The van der Waals surface area contributed by atoms with Crippen LogP contribution in [0.2, 0.25) is 0 Å². The van der Waals surface area contributed by atoms with Crippen molar-refractivity contribution in [2.75, 3.05) is 0 Å². The number of hydrogen-bond donors (Lipinski definition) is 1. The van der Waals surface area contributed by atoms with Gasteiger partial charge in [0.2, 0.25) is 5.89 Å². The fourth-order valence-corrected chi connectivity index (χ4v) is 2.36. The number of hydrogen-bond acceptors (Lipinski definition) is 4. The molecule has 96 valence electrons. The molecule has 2 aromatic rings. The molecule has 3 rings (SSSR count). The van der Waals surface area contributed by atoms with Gasteiger partial charge in [-0.2, -0.15) is 5.10 Å². The summed E-state index contributed by atoms with van der Waals surface area (Å²) in [5, 5.41) is 7.12. The summed E-state index contributed by atoms with van der Waals surface area (Å²) in [5.74, 6) is 1.51.